The molecule has 2 rings (SSSR count). The molecule has 0 saturated heterocycles. The first-order valence-electron chi connectivity index (χ1n) is 5.24. The third-order valence-electron chi connectivity index (χ3n) is 2.47. The van der Waals surface area contributed by atoms with Gasteiger partial charge in [0.05, 0.1) is 5.69 Å². The molecule has 94 valence electrons. The van der Waals surface area contributed by atoms with Crippen LogP contribution in [0.3, 0.4) is 0 Å². The number of nitrogens with one attached hydrogen (secondary N) is 1. The van der Waals surface area contributed by atoms with Gasteiger partial charge in [-0.3, -0.25) is 4.79 Å². The molecule has 1 N–H and O–H groups in total. The number of aryl methyl sites for hydroxylation is 2. The van der Waals surface area contributed by atoms with Gasteiger partial charge in [-0.2, -0.15) is 0 Å². The number of halogens is 2. The first kappa shape index (κ1) is 13.3. The number of anilines is 1. The van der Waals surface area contributed by atoms with Crippen molar-refractivity contribution in [3.05, 3.63) is 44.7 Å². The summed E-state index contributed by atoms with van der Waals surface area (Å²) in [7, 11) is 1.82. The molecular formula is C12H11Br2N3O. The molecule has 4 nitrogen and oxygen atoms in total. The van der Waals surface area contributed by atoms with Crippen LogP contribution in [0, 0.1) is 6.92 Å². The smallest absolute Gasteiger partial charge is 0.273 e. The van der Waals surface area contributed by atoms with E-state index < -0.39 is 0 Å². The molecular weight excluding hydrogens is 362 g/mol. The molecule has 0 unspecified atom stereocenters. The van der Waals surface area contributed by atoms with E-state index in [0.29, 0.717) is 11.5 Å². The van der Waals surface area contributed by atoms with E-state index in [0.717, 1.165) is 14.6 Å². The number of rotatable bonds is 2. The van der Waals surface area contributed by atoms with Crippen LogP contribution in [0.25, 0.3) is 0 Å². The maximum Gasteiger partial charge on any atom is 0.273 e. The normalized spacial score (nSPS) is 10.4. The summed E-state index contributed by atoms with van der Waals surface area (Å²) in [4.78, 5) is 16.3. The van der Waals surface area contributed by atoms with Gasteiger partial charge in [0, 0.05) is 22.2 Å². The SMILES string of the molecule is Cc1nc(NC(=O)c2cc(Br)cn2C)ccc1Br. The fourth-order valence-corrected chi connectivity index (χ4v) is 2.29. The van der Waals surface area contributed by atoms with Crippen molar-refractivity contribution in [2.24, 2.45) is 7.05 Å². The Morgan fingerprint density at radius 3 is 2.67 bits per heavy atom. The lowest BCUT2D eigenvalue weighted by molar-refractivity contribution is 0.101. The highest BCUT2D eigenvalue weighted by Crippen LogP contribution is 2.18. The second-order valence-corrected chi connectivity index (χ2v) is 5.64. The molecule has 1 amide bonds. The van der Waals surface area contributed by atoms with Crippen molar-refractivity contribution in [1.29, 1.82) is 0 Å². The van der Waals surface area contributed by atoms with Gasteiger partial charge in [0.1, 0.15) is 11.5 Å². The highest BCUT2D eigenvalue weighted by Gasteiger charge is 2.12. The second-order valence-electron chi connectivity index (χ2n) is 3.87. The van der Waals surface area contributed by atoms with Gasteiger partial charge in [-0.1, -0.05) is 0 Å². The van der Waals surface area contributed by atoms with Gasteiger partial charge in [-0.25, -0.2) is 4.98 Å². The number of amides is 1. The molecule has 2 aromatic rings. The van der Waals surface area contributed by atoms with Gasteiger partial charge in [0.2, 0.25) is 0 Å². The van der Waals surface area contributed by atoms with Crippen LogP contribution in [0.1, 0.15) is 16.2 Å². The second kappa shape index (κ2) is 5.24. The number of hydrogen-bond acceptors (Lipinski definition) is 2. The van der Waals surface area contributed by atoms with Gasteiger partial charge in [0.15, 0.2) is 0 Å². The Balaban J connectivity index is 2.21. The number of carbonyl (C=O) groups is 1. The van der Waals surface area contributed by atoms with Gasteiger partial charge < -0.3 is 9.88 Å². The Kier molecular flexibility index (Phi) is 3.87. The molecule has 2 heterocycles. The van der Waals surface area contributed by atoms with E-state index in [4.69, 9.17) is 0 Å². The zero-order valence-corrected chi connectivity index (χ0v) is 13.0. The van der Waals surface area contributed by atoms with E-state index in [-0.39, 0.29) is 5.91 Å². The summed E-state index contributed by atoms with van der Waals surface area (Å²) < 4.78 is 3.54. The molecule has 0 radical (unpaired) electrons. The van der Waals surface area contributed by atoms with Crippen molar-refractivity contribution in [3.63, 3.8) is 0 Å². The maximum atomic E-state index is 12.0. The number of pyridine rings is 1. The van der Waals surface area contributed by atoms with Crippen molar-refractivity contribution < 1.29 is 4.79 Å². The monoisotopic (exact) mass is 371 g/mol. The van der Waals surface area contributed by atoms with Crippen LogP contribution in [-0.2, 0) is 7.05 Å². The minimum atomic E-state index is -0.183. The Hall–Kier alpha value is -1.14. The third-order valence-corrected chi connectivity index (χ3v) is 3.74. The quantitative estimate of drug-likeness (QED) is 0.876. The molecule has 0 aliphatic heterocycles. The fraction of sp³-hybridized carbons (Fsp3) is 0.167. The van der Waals surface area contributed by atoms with Gasteiger partial charge in [-0.05, 0) is 57.0 Å². The summed E-state index contributed by atoms with van der Waals surface area (Å²) >= 11 is 6.71. The van der Waals surface area contributed by atoms with Crippen LogP contribution in [0.4, 0.5) is 5.82 Å². The van der Waals surface area contributed by atoms with Crippen LogP contribution >= 0.6 is 31.9 Å². The highest BCUT2D eigenvalue weighted by atomic mass is 79.9. The minimum absolute atomic E-state index is 0.183. The number of hydrogen-bond donors (Lipinski definition) is 1. The Morgan fingerprint density at radius 1 is 1.39 bits per heavy atom. The van der Waals surface area contributed by atoms with E-state index in [9.17, 15) is 4.79 Å². The Labute approximate surface area is 122 Å². The minimum Gasteiger partial charge on any atom is -0.345 e. The zero-order chi connectivity index (χ0) is 13.3. The molecule has 18 heavy (non-hydrogen) atoms. The highest BCUT2D eigenvalue weighted by molar-refractivity contribution is 9.10. The topological polar surface area (TPSA) is 46.9 Å². The molecule has 0 atom stereocenters. The molecule has 2 aromatic heterocycles. The summed E-state index contributed by atoms with van der Waals surface area (Å²) in [5, 5.41) is 2.77. The van der Waals surface area contributed by atoms with Crippen molar-refractivity contribution in [1.82, 2.24) is 9.55 Å². The molecule has 0 saturated carbocycles. The van der Waals surface area contributed by atoms with Crippen LogP contribution in [0.2, 0.25) is 0 Å². The average Bonchev–Trinajstić information content (AvgIpc) is 2.63. The van der Waals surface area contributed by atoms with E-state index in [1.807, 2.05) is 26.2 Å². The third kappa shape index (κ3) is 2.81. The molecule has 0 fully saturated rings. The summed E-state index contributed by atoms with van der Waals surface area (Å²) in [5.41, 5.74) is 1.41. The van der Waals surface area contributed by atoms with E-state index in [2.05, 4.69) is 42.2 Å². The summed E-state index contributed by atoms with van der Waals surface area (Å²) in [6.45, 7) is 1.87. The van der Waals surface area contributed by atoms with Gasteiger partial charge in [0.25, 0.3) is 5.91 Å². The van der Waals surface area contributed by atoms with Crippen LogP contribution in [0.5, 0.6) is 0 Å². The largest absolute Gasteiger partial charge is 0.345 e. The van der Waals surface area contributed by atoms with Crippen LogP contribution < -0.4 is 5.32 Å². The van der Waals surface area contributed by atoms with Crippen molar-refractivity contribution in [3.8, 4) is 0 Å². The summed E-state index contributed by atoms with van der Waals surface area (Å²) in [5.74, 6) is 0.357. The van der Waals surface area contributed by atoms with Gasteiger partial charge in [-0.15, -0.1) is 0 Å². The van der Waals surface area contributed by atoms with Crippen molar-refractivity contribution >= 4 is 43.6 Å². The average molecular weight is 373 g/mol. The fourth-order valence-electron chi connectivity index (χ4n) is 1.54. The van der Waals surface area contributed by atoms with Crippen LogP contribution in [0.15, 0.2) is 33.3 Å². The van der Waals surface area contributed by atoms with E-state index in [1.54, 1.807) is 16.7 Å². The zero-order valence-electron chi connectivity index (χ0n) is 9.87. The molecule has 0 aromatic carbocycles. The molecule has 0 bridgehead atoms. The van der Waals surface area contributed by atoms with Crippen molar-refractivity contribution in [2.75, 3.05) is 5.32 Å². The summed E-state index contributed by atoms with van der Waals surface area (Å²) in [6, 6.07) is 5.38. The first-order chi connectivity index (χ1) is 8.47. The molecule has 6 heteroatoms. The summed E-state index contributed by atoms with van der Waals surface area (Å²) in [6.07, 6.45) is 1.83. The Morgan fingerprint density at radius 2 is 2.11 bits per heavy atom. The van der Waals surface area contributed by atoms with Crippen molar-refractivity contribution in [2.45, 2.75) is 6.92 Å². The van der Waals surface area contributed by atoms with E-state index >= 15 is 0 Å². The lowest BCUT2D eigenvalue weighted by Gasteiger charge is -2.06. The Bertz CT molecular complexity index is 607. The molecule has 0 aliphatic carbocycles. The number of aromatic nitrogens is 2. The molecule has 0 spiro atoms. The lowest BCUT2D eigenvalue weighted by atomic mass is 10.3. The standard InChI is InChI=1S/C12H11Br2N3O/c1-7-9(14)3-4-11(15-7)16-12(18)10-5-8(13)6-17(10)2/h3-6H,1-2H3,(H,15,16,18). The predicted octanol–water partition coefficient (Wildman–Crippen LogP) is 3.51. The maximum absolute atomic E-state index is 12.0. The number of carbonyl (C=O) groups excluding carboxylic acids is 1. The van der Waals surface area contributed by atoms with Gasteiger partial charge >= 0.3 is 0 Å². The first-order valence-corrected chi connectivity index (χ1v) is 6.82. The van der Waals surface area contributed by atoms with E-state index in [1.165, 1.54) is 0 Å². The molecule has 0 aliphatic rings. The lowest BCUT2D eigenvalue weighted by Crippen LogP contribution is -2.16. The van der Waals surface area contributed by atoms with Crippen LogP contribution in [-0.4, -0.2) is 15.5 Å². The predicted molar refractivity (Wildman–Crippen MR) is 77.7 cm³/mol. The number of nitrogens with zero attached hydrogens (tertiary/aromatic N) is 2.